The second kappa shape index (κ2) is 6.75. The Balaban J connectivity index is 2.11. The van der Waals surface area contributed by atoms with Crippen LogP contribution >= 0.6 is 0 Å². The van der Waals surface area contributed by atoms with E-state index >= 15 is 0 Å². The molecule has 110 valence electrons. The molecule has 1 aromatic rings. The zero-order chi connectivity index (χ0) is 14.5. The van der Waals surface area contributed by atoms with E-state index in [-0.39, 0.29) is 11.9 Å². The van der Waals surface area contributed by atoms with E-state index in [9.17, 15) is 4.79 Å². The van der Waals surface area contributed by atoms with Crippen molar-refractivity contribution in [3.8, 4) is 5.75 Å². The summed E-state index contributed by atoms with van der Waals surface area (Å²) in [6.45, 7) is 4.90. The van der Waals surface area contributed by atoms with Gasteiger partial charge in [0.25, 0.3) is 0 Å². The summed E-state index contributed by atoms with van der Waals surface area (Å²) in [5.41, 5.74) is 2.90. The van der Waals surface area contributed by atoms with Gasteiger partial charge < -0.3 is 15.4 Å². The highest BCUT2D eigenvalue weighted by Gasteiger charge is 2.20. The molecule has 0 spiro atoms. The number of methoxy groups -OCH3 is 1. The van der Waals surface area contributed by atoms with Crippen molar-refractivity contribution < 1.29 is 9.53 Å². The van der Waals surface area contributed by atoms with Crippen LogP contribution in [-0.2, 0) is 4.79 Å². The molecule has 1 aliphatic heterocycles. The first-order chi connectivity index (χ1) is 9.63. The fourth-order valence-corrected chi connectivity index (χ4v) is 2.75. The summed E-state index contributed by atoms with van der Waals surface area (Å²) >= 11 is 0. The van der Waals surface area contributed by atoms with E-state index in [0.717, 1.165) is 48.4 Å². The van der Waals surface area contributed by atoms with Crippen LogP contribution in [0.15, 0.2) is 12.1 Å². The van der Waals surface area contributed by atoms with E-state index < -0.39 is 0 Å². The molecular formula is C16H24N2O2. The molecule has 0 saturated carbocycles. The van der Waals surface area contributed by atoms with Crippen LogP contribution in [0.2, 0.25) is 0 Å². The number of hydrogen-bond donors (Lipinski definition) is 2. The lowest BCUT2D eigenvalue weighted by molar-refractivity contribution is -0.118. The minimum absolute atomic E-state index is 0.0564. The van der Waals surface area contributed by atoms with Gasteiger partial charge in [-0.1, -0.05) is 18.9 Å². The average Bonchev–Trinajstić information content (AvgIpc) is 2.71. The SMILES string of the molecule is COc1c(C)ccc(NC(=O)C2CCCCCN2)c1C. The van der Waals surface area contributed by atoms with Gasteiger partial charge in [-0.3, -0.25) is 4.79 Å². The molecule has 1 fully saturated rings. The van der Waals surface area contributed by atoms with Crippen molar-refractivity contribution in [1.82, 2.24) is 5.32 Å². The summed E-state index contributed by atoms with van der Waals surface area (Å²) in [5, 5.41) is 6.35. The van der Waals surface area contributed by atoms with Gasteiger partial charge in [0, 0.05) is 11.3 Å². The summed E-state index contributed by atoms with van der Waals surface area (Å²) in [4.78, 5) is 12.3. The molecule has 0 aliphatic carbocycles. The zero-order valence-corrected chi connectivity index (χ0v) is 12.6. The van der Waals surface area contributed by atoms with Crippen molar-refractivity contribution >= 4 is 11.6 Å². The van der Waals surface area contributed by atoms with Gasteiger partial charge in [-0.2, -0.15) is 0 Å². The predicted octanol–water partition coefficient (Wildman–Crippen LogP) is 2.78. The Morgan fingerprint density at radius 1 is 1.30 bits per heavy atom. The first-order valence-corrected chi connectivity index (χ1v) is 7.32. The van der Waals surface area contributed by atoms with Crippen LogP contribution in [0.25, 0.3) is 0 Å². The van der Waals surface area contributed by atoms with Gasteiger partial charge >= 0.3 is 0 Å². The van der Waals surface area contributed by atoms with E-state index in [1.54, 1.807) is 7.11 Å². The van der Waals surface area contributed by atoms with Crippen LogP contribution in [0.5, 0.6) is 5.75 Å². The average molecular weight is 276 g/mol. The van der Waals surface area contributed by atoms with Crippen molar-refractivity contribution in [3.63, 3.8) is 0 Å². The summed E-state index contributed by atoms with van der Waals surface area (Å²) in [6, 6.07) is 3.84. The highest BCUT2D eigenvalue weighted by molar-refractivity contribution is 5.95. The van der Waals surface area contributed by atoms with Crippen molar-refractivity contribution in [2.45, 2.75) is 45.6 Å². The molecule has 1 aromatic carbocycles. The lowest BCUT2D eigenvalue weighted by Gasteiger charge is -2.18. The Morgan fingerprint density at radius 3 is 2.85 bits per heavy atom. The normalized spacial score (nSPS) is 19.2. The number of amides is 1. The number of nitrogens with one attached hydrogen (secondary N) is 2. The fourth-order valence-electron chi connectivity index (χ4n) is 2.75. The van der Waals surface area contributed by atoms with Crippen molar-refractivity contribution in [1.29, 1.82) is 0 Å². The van der Waals surface area contributed by atoms with Gasteiger partial charge in [0.1, 0.15) is 5.75 Å². The molecule has 2 rings (SSSR count). The van der Waals surface area contributed by atoms with Crippen LogP contribution in [0.4, 0.5) is 5.69 Å². The van der Waals surface area contributed by atoms with E-state index in [1.807, 2.05) is 26.0 Å². The first kappa shape index (κ1) is 14.9. The number of aryl methyl sites for hydroxylation is 1. The third kappa shape index (κ3) is 3.31. The Labute approximate surface area is 120 Å². The molecule has 20 heavy (non-hydrogen) atoms. The van der Waals surface area contributed by atoms with E-state index in [1.165, 1.54) is 6.42 Å². The monoisotopic (exact) mass is 276 g/mol. The third-order valence-corrected chi connectivity index (χ3v) is 3.94. The van der Waals surface area contributed by atoms with E-state index in [2.05, 4.69) is 10.6 Å². The first-order valence-electron chi connectivity index (χ1n) is 7.32. The van der Waals surface area contributed by atoms with Gasteiger partial charge in [-0.05, 0) is 44.9 Å². The largest absolute Gasteiger partial charge is 0.496 e. The van der Waals surface area contributed by atoms with Crippen LogP contribution in [0.1, 0.15) is 36.8 Å². The van der Waals surface area contributed by atoms with Gasteiger partial charge in [-0.25, -0.2) is 0 Å². The van der Waals surface area contributed by atoms with Gasteiger partial charge in [0.2, 0.25) is 5.91 Å². The number of carbonyl (C=O) groups excluding carboxylic acids is 1. The number of anilines is 1. The summed E-state index contributed by atoms with van der Waals surface area (Å²) in [7, 11) is 1.66. The quantitative estimate of drug-likeness (QED) is 0.892. The number of rotatable bonds is 3. The molecule has 1 unspecified atom stereocenters. The minimum atomic E-state index is -0.0794. The summed E-state index contributed by atoms with van der Waals surface area (Å²) in [6.07, 6.45) is 4.38. The maximum Gasteiger partial charge on any atom is 0.241 e. The molecule has 0 aromatic heterocycles. The highest BCUT2D eigenvalue weighted by Crippen LogP contribution is 2.29. The van der Waals surface area contributed by atoms with E-state index in [0.29, 0.717) is 0 Å². The second-order valence-electron chi connectivity index (χ2n) is 5.43. The van der Waals surface area contributed by atoms with Gasteiger partial charge in [0.15, 0.2) is 0 Å². The molecular weight excluding hydrogens is 252 g/mol. The fraction of sp³-hybridized carbons (Fsp3) is 0.562. The molecule has 2 N–H and O–H groups in total. The summed E-state index contributed by atoms with van der Waals surface area (Å²) < 4.78 is 5.40. The number of hydrogen-bond acceptors (Lipinski definition) is 3. The standard InChI is InChI=1S/C16H24N2O2/c1-11-8-9-13(12(2)15(11)20-3)18-16(19)14-7-5-4-6-10-17-14/h8-9,14,17H,4-7,10H2,1-3H3,(H,18,19). The van der Waals surface area contributed by atoms with Crippen LogP contribution in [-0.4, -0.2) is 25.6 Å². The molecule has 4 heteroatoms. The lowest BCUT2D eigenvalue weighted by atomic mass is 10.1. The Kier molecular flexibility index (Phi) is 5.01. The smallest absolute Gasteiger partial charge is 0.241 e. The molecule has 0 bridgehead atoms. The van der Waals surface area contributed by atoms with Crippen LogP contribution in [0.3, 0.4) is 0 Å². The van der Waals surface area contributed by atoms with Crippen molar-refractivity contribution in [3.05, 3.63) is 23.3 Å². The topological polar surface area (TPSA) is 50.4 Å². The minimum Gasteiger partial charge on any atom is -0.496 e. The number of benzene rings is 1. The molecule has 0 radical (unpaired) electrons. The second-order valence-corrected chi connectivity index (χ2v) is 5.43. The van der Waals surface area contributed by atoms with Gasteiger partial charge in [-0.15, -0.1) is 0 Å². The maximum atomic E-state index is 12.3. The molecule has 1 saturated heterocycles. The third-order valence-electron chi connectivity index (χ3n) is 3.94. The Morgan fingerprint density at radius 2 is 2.10 bits per heavy atom. The van der Waals surface area contributed by atoms with Crippen molar-refractivity contribution in [2.75, 3.05) is 19.0 Å². The number of carbonyl (C=O) groups is 1. The highest BCUT2D eigenvalue weighted by atomic mass is 16.5. The van der Waals surface area contributed by atoms with E-state index in [4.69, 9.17) is 4.74 Å². The molecule has 1 amide bonds. The van der Waals surface area contributed by atoms with Crippen LogP contribution < -0.4 is 15.4 Å². The number of ether oxygens (including phenoxy) is 1. The lowest BCUT2D eigenvalue weighted by Crippen LogP contribution is -2.40. The van der Waals surface area contributed by atoms with Crippen molar-refractivity contribution in [2.24, 2.45) is 0 Å². The Hall–Kier alpha value is -1.55. The molecule has 1 aliphatic rings. The Bertz CT molecular complexity index is 478. The zero-order valence-electron chi connectivity index (χ0n) is 12.6. The van der Waals surface area contributed by atoms with Crippen LogP contribution in [0, 0.1) is 13.8 Å². The predicted molar refractivity (Wildman–Crippen MR) is 81.4 cm³/mol. The van der Waals surface area contributed by atoms with Gasteiger partial charge in [0.05, 0.1) is 13.2 Å². The summed E-state index contributed by atoms with van der Waals surface area (Å²) in [5.74, 6) is 0.900. The molecule has 4 nitrogen and oxygen atoms in total. The molecule has 1 heterocycles. The maximum absolute atomic E-state index is 12.3. The molecule has 1 atom stereocenters.